The maximum absolute atomic E-state index is 14.2. The highest BCUT2D eigenvalue weighted by Crippen LogP contribution is 2.37. The van der Waals surface area contributed by atoms with Crippen molar-refractivity contribution in [1.29, 1.82) is 0 Å². The first kappa shape index (κ1) is 25.3. The number of fused-ring (bicyclic) bond motifs is 1. The number of nitrogens with zero attached hydrogens (tertiary/aromatic N) is 5. The molecule has 2 aliphatic rings. The van der Waals surface area contributed by atoms with Crippen molar-refractivity contribution in [2.45, 2.75) is 76.9 Å². The van der Waals surface area contributed by atoms with Crippen molar-refractivity contribution in [3.05, 3.63) is 48.3 Å². The second kappa shape index (κ2) is 11.0. The molecular weight excluding hydrogens is 466 g/mol. The van der Waals surface area contributed by atoms with Gasteiger partial charge in [0.1, 0.15) is 18.2 Å². The van der Waals surface area contributed by atoms with Crippen LogP contribution in [0.5, 0.6) is 0 Å². The fourth-order valence-corrected chi connectivity index (χ4v) is 5.81. The second-order valence-electron chi connectivity index (χ2n) is 10.4. The highest BCUT2D eigenvalue weighted by atomic mass is 16.2. The smallest absolute Gasteiger partial charge is 0.246 e. The lowest BCUT2D eigenvalue weighted by Crippen LogP contribution is -2.55. The summed E-state index contributed by atoms with van der Waals surface area (Å²) >= 11 is 0. The van der Waals surface area contributed by atoms with Crippen molar-refractivity contribution in [3.8, 4) is 5.69 Å². The summed E-state index contributed by atoms with van der Waals surface area (Å²) in [5.41, 5.74) is 3.54. The standard InChI is InChI=1S/C28H37N7O2/c1-18(29-3)27(36)33-25(20-10-5-4-6-11-20)28(37)34-15-9-14-23(34)26-24(16-30-19(2)32-26)35-17-31-21-12-7-8-13-22(21)35/h7-8,12-13,16-18,20,23,25,29H,4-6,9-11,14-15H2,1-3H3,(H,33,36)/t18?,23-,25-/m0/s1. The quantitative estimate of drug-likeness (QED) is 0.512. The van der Waals surface area contributed by atoms with Gasteiger partial charge in [0.25, 0.3) is 0 Å². The first-order valence-electron chi connectivity index (χ1n) is 13.5. The van der Waals surface area contributed by atoms with Gasteiger partial charge in [-0.05, 0) is 64.6 Å². The molecule has 1 aromatic carbocycles. The summed E-state index contributed by atoms with van der Waals surface area (Å²) in [6, 6.07) is 6.90. The molecule has 9 nitrogen and oxygen atoms in total. The van der Waals surface area contributed by atoms with Crippen LogP contribution < -0.4 is 10.6 Å². The number of benzene rings is 1. The zero-order valence-electron chi connectivity index (χ0n) is 22.0. The number of likely N-dealkylation sites (tertiary alicyclic amines) is 1. The molecule has 3 atom stereocenters. The number of aryl methyl sites for hydroxylation is 1. The van der Waals surface area contributed by atoms with Crippen LogP contribution in [0.4, 0.5) is 0 Å². The summed E-state index contributed by atoms with van der Waals surface area (Å²) in [6.45, 7) is 4.35. The molecule has 9 heteroatoms. The van der Waals surface area contributed by atoms with Crippen molar-refractivity contribution in [2.24, 2.45) is 5.92 Å². The molecule has 1 aliphatic carbocycles. The Bertz CT molecular complexity index is 1270. The van der Waals surface area contributed by atoms with Crippen LogP contribution in [0.3, 0.4) is 0 Å². The molecule has 5 rings (SSSR count). The van der Waals surface area contributed by atoms with Crippen molar-refractivity contribution in [1.82, 2.24) is 35.1 Å². The monoisotopic (exact) mass is 503 g/mol. The molecule has 3 aromatic rings. The highest BCUT2D eigenvalue weighted by Gasteiger charge is 2.40. The maximum Gasteiger partial charge on any atom is 0.246 e. The van der Waals surface area contributed by atoms with E-state index in [9.17, 15) is 9.59 Å². The summed E-state index contributed by atoms with van der Waals surface area (Å²) in [5, 5.41) is 6.12. The van der Waals surface area contributed by atoms with E-state index in [1.165, 1.54) is 6.42 Å². The van der Waals surface area contributed by atoms with Crippen LogP contribution in [-0.4, -0.2) is 61.9 Å². The van der Waals surface area contributed by atoms with E-state index in [1.54, 1.807) is 13.4 Å². The number of rotatable bonds is 7. The van der Waals surface area contributed by atoms with Crippen LogP contribution in [0.2, 0.25) is 0 Å². The topological polar surface area (TPSA) is 105 Å². The Hall–Kier alpha value is -3.33. The van der Waals surface area contributed by atoms with Crippen molar-refractivity contribution >= 4 is 22.8 Å². The molecule has 3 heterocycles. The number of carbonyl (C=O) groups excluding carboxylic acids is 2. The van der Waals surface area contributed by atoms with Crippen molar-refractivity contribution in [3.63, 3.8) is 0 Å². The van der Waals surface area contributed by atoms with Gasteiger partial charge in [0.05, 0.1) is 40.7 Å². The minimum Gasteiger partial charge on any atom is -0.343 e. The molecular formula is C28H37N7O2. The predicted octanol–water partition coefficient (Wildman–Crippen LogP) is 3.46. The summed E-state index contributed by atoms with van der Waals surface area (Å²) in [7, 11) is 1.76. The average molecular weight is 504 g/mol. The fourth-order valence-electron chi connectivity index (χ4n) is 5.81. The van der Waals surface area contributed by atoms with Gasteiger partial charge >= 0.3 is 0 Å². The van der Waals surface area contributed by atoms with E-state index >= 15 is 0 Å². The molecule has 2 aromatic heterocycles. The van der Waals surface area contributed by atoms with Crippen LogP contribution in [0.25, 0.3) is 16.7 Å². The van der Waals surface area contributed by atoms with Crippen LogP contribution in [0, 0.1) is 12.8 Å². The Kier molecular flexibility index (Phi) is 7.50. The SMILES string of the molecule is CNC(C)C(=O)N[C@H](C(=O)N1CCC[C@H]1c1nc(C)ncc1-n1cnc2ccccc21)C1CCCCC1. The molecule has 2 fully saturated rings. The Morgan fingerprint density at radius 3 is 2.62 bits per heavy atom. The van der Waals surface area contributed by atoms with Crippen molar-refractivity contribution < 1.29 is 9.59 Å². The Labute approximate surface area is 218 Å². The highest BCUT2D eigenvalue weighted by molar-refractivity contribution is 5.90. The Balaban J connectivity index is 1.50. The van der Waals surface area contributed by atoms with Gasteiger partial charge in [0.2, 0.25) is 11.8 Å². The molecule has 0 bridgehead atoms. The number of nitrogens with one attached hydrogen (secondary N) is 2. The van der Waals surface area contributed by atoms with Gasteiger partial charge in [-0.3, -0.25) is 14.2 Å². The van der Waals surface area contributed by atoms with Crippen LogP contribution in [-0.2, 0) is 9.59 Å². The molecule has 2 N–H and O–H groups in total. The molecule has 0 radical (unpaired) electrons. The lowest BCUT2D eigenvalue weighted by Gasteiger charge is -2.35. The normalized spacial score (nSPS) is 20.2. The van der Waals surface area contributed by atoms with Gasteiger partial charge in [0, 0.05) is 6.54 Å². The van der Waals surface area contributed by atoms with E-state index < -0.39 is 6.04 Å². The predicted molar refractivity (Wildman–Crippen MR) is 142 cm³/mol. The number of aromatic nitrogens is 4. The van der Waals surface area contributed by atoms with Gasteiger partial charge in [-0.15, -0.1) is 0 Å². The summed E-state index contributed by atoms with van der Waals surface area (Å²) < 4.78 is 2.01. The largest absolute Gasteiger partial charge is 0.343 e. The zero-order valence-corrected chi connectivity index (χ0v) is 22.0. The van der Waals surface area contributed by atoms with Crippen molar-refractivity contribution in [2.75, 3.05) is 13.6 Å². The average Bonchev–Trinajstić information content (AvgIpc) is 3.59. The van der Waals surface area contributed by atoms with E-state index in [-0.39, 0.29) is 29.8 Å². The van der Waals surface area contributed by atoms with Crippen LogP contribution in [0.15, 0.2) is 36.8 Å². The van der Waals surface area contributed by atoms with Gasteiger partial charge < -0.3 is 15.5 Å². The lowest BCUT2D eigenvalue weighted by atomic mass is 9.83. The number of hydrogen-bond donors (Lipinski definition) is 2. The lowest BCUT2D eigenvalue weighted by molar-refractivity contribution is -0.139. The van der Waals surface area contributed by atoms with Gasteiger partial charge in [-0.25, -0.2) is 15.0 Å². The number of likely N-dealkylation sites (N-methyl/N-ethyl adjacent to an activating group) is 1. The molecule has 1 unspecified atom stereocenters. The number of amides is 2. The van der Waals surface area contributed by atoms with E-state index in [0.29, 0.717) is 12.4 Å². The third kappa shape index (κ3) is 5.09. The number of imidazole rings is 1. The van der Waals surface area contributed by atoms with Gasteiger partial charge in [0.15, 0.2) is 0 Å². The number of hydrogen-bond acceptors (Lipinski definition) is 6. The van der Waals surface area contributed by atoms with E-state index in [1.807, 2.05) is 53.8 Å². The fraction of sp³-hybridized carbons (Fsp3) is 0.536. The third-order valence-electron chi connectivity index (χ3n) is 7.99. The first-order valence-corrected chi connectivity index (χ1v) is 13.5. The Morgan fingerprint density at radius 2 is 1.84 bits per heavy atom. The van der Waals surface area contributed by atoms with Crippen LogP contribution in [0.1, 0.15) is 69.4 Å². The summed E-state index contributed by atoms with van der Waals surface area (Å²) in [5.74, 6) is 0.691. The minimum absolute atomic E-state index is 0.00348. The molecule has 37 heavy (non-hydrogen) atoms. The number of carbonyl (C=O) groups is 2. The number of para-hydroxylation sites is 2. The molecule has 1 saturated carbocycles. The Morgan fingerprint density at radius 1 is 1.05 bits per heavy atom. The van der Waals surface area contributed by atoms with E-state index in [0.717, 1.165) is 60.9 Å². The summed E-state index contributed by atoms with van der Waals surface area (Å²) in [6.07, 6.45) is 10.6. The van der Waals surface area contributed by atoms with Gasteiger partial charge in [-0.1, -0.05) is 31.4 Å². The maximum atomic E-state index is 14.2. The molecule has 0 spiro atoms. The van der Waals surface area contributed by atoms with E-state index in [4.69, 9.17) is 4.98 Å². The molecule has 1 aliphatic heterocycles. The first-order chi connectivity index (χ1) is 18.0. The third-order valence-corrected chi connectivity index (χ3v) is 7.99. The molecule has 1 saturated heterocycles. The zero-order chi connectivity index (χ0) is 25.9. The minimum atomic E-state index is -0.523. The van der Waals surface area contributed by atoms with Crippen LogP contribution >= 0.6 is 0 Å². The van der Waals surface area contributed by atoms with E-state index in [2.05, 4.69) is 20.6 Å². The summed E-state index contributed by atoms with van der Waals surface area (Å²) in [4.78, 5) is 43.0. The second-order valence-corrected chi connectivity index (χ2v) is 10.4. The van der Waals surface area contributed by atoms with Gasteiger partial charge in [-0.2, -0.15) is 0 Å². The molecule has 196 valence electrons. The molecule has 2 amide bonds.